The third-order valence-electron chi connectivity index (χ3n) is 5.32. The van der Waals surface area contributed by atoms with Crippen LogP contribution in [0.3, 0.4) is 0 Å². The van der Waals surface area contributed by atoms with E-state index in [2.05, 4.69) is 6.07 Å². The summed E-state index contributed by atoms with van der Waals surface area (Å²) in [5, 5.41) is 19.1. The Labute approximate surface area is 138 Å². The van der Waals surface area contributed by atoms with Gasteiger partial charge < -0.3 is 14.6 Å². The molecule has 2 saturated carbocycles. The summed E-state index contributed by atoms with van der Waals surface area (Å²) in [4.78, 5) is 0. The van der Waals surface area contributed by atoms with Crippen LogP contribution in [0.25, 0.3) is 0 Å². The van der Waals surface area contributed by atoms with Crippen molar-refractivity contribution in [1.82, 2.24) is 0 Å². The van der Waals surface area contributed by atoms with Gasteiger partial charge in [0.1, 0.15) is 0 Å². The molecule has 0 radical (unpaired) electrons. The highest BCUT2D eigenvalue weighted by Gasteiger charge is 2.37. The van der Waals surface area contributed by atoms with Crippen molar-refractivity contribution in [1.29, 1.82) is 5.26 Å². The van der Waals surface area contributed by atoms with Gasteiger partial charge in [-0.3, -0.25) is 0 Å². The van der Waals surface area contributed by atoms with Gasteiger partial charge in [0.2, 0.25) is 0 Å². The zero-order chi connectivity index (χ0) is 16.3. The largest absolute Gasteiger partial charge is 0.493 e. The van der Waals surface area contributed by atoms with Gasteiger partial charge in [-0.2, -0.15) is 5.26 Å². The second-order valence-corrected chi connectivity index (χ2v) is 6.94. The molecule has 23 heavy (non-hydrogen) atoms. The number of aliphatic hydroxyl groups excluding tert-OH is 1. The first-order valence-corrected chi connectivity index (χ1v) is 8.54. The lowest BCUT2D eigenvalue weighted by Gasteiger charge is -2.35. The molecule has 0 saturated heterocycles. The first-order valence-electron chi connectivity index (χ1n) is 8.54. The van der Waals surface area contributed by atoms with Gasteiger partial charge in [0.05, 0.1) is 25.2 Å². The first kappa shape index (κ1) is 16.1. The molecule has 1 aromatic carbocycles. The van der Waals surface area contributed by atoms with Crippen molar-refractivity contribution in [3.63, 3.8) is 0 Å². The van der Waals surface area contributed by atoms with Gasteiger partial charge in [-0.15, -0.1) is 0 Å². The van der Waals surface area contributed by atoms with Crippen LogP contribution < -0.4 is 9.47 Å². The van der Waals surface area contributed by atoms with Gasteiger partial charge in [0, 0.05) is 6.61 Å². The van der Waals surface area contributed by atoms with E-state index in [1.54, 1.807) is 7.11 Å². The summed E-state index contributed by atoms with van der Waals surface area (Å²) in [6.45, 7) is 0.950. The van der Waals surface area contributed by atoms with Crippen molar-refractivity contribution >= 4 is 0 Å². The molecule has 0 atom stereocenters. The summed E-state index contributed by atoms with van der Waals surface area (Å²) in [5.41, 5.74) is 0.554. The highest BCUT2D eigenvalue weighted by molar-refractivity contribution is 5.47. The first-order chi connectivity index (χ1) is 11.2. The van der Waals surface area contributed by atoms with Crippen molar-refractivity contribution in [2.45, 2.75) is 43.9 Å². The third-order valence-corrected chi connectivity index (χ3v) is 5.32. The van der Waals surface area contributed by atoms with E-state index in [-0.39, 0.29) is 6.61 Å². The summed E-state index contributed by atoms with van der Waals surface area (Å²) in [5.74, 6) is 2.48. The van der Waals surface area contributed by atoms with E-state index < -0.39 is 5.41 Å². The normalized spacial score (nSPS) is 27.3. The van der Waals surface area contributed by atoms with E-state index in [0.717, 1.165) is 49.4 Å². The molecule has 0 heterocycles. The minimum absolute atomic E-state index is 0.222. The Hall–Kier alpha value is -1.73. The fourth-order valence-electron chi connectivity index (χ4n) is 3.40. The Balaban J connectivity index is 1.82. The lowest BCUT2D eigenvalue weighted by molar-refractivity contribution is 0.168. The fraction of sp³-hybridized carbons (Fsp3) is 0.632. The molecule has 1 N–H and O–H groups in total. The zero-order valence-corrected chi connectivity index (χ0v) is 13.8. The molecule has 0 amide bonds. The number of methoxy groups -OCH3 is 1. The lowest BCUT2D eigenvalue weighted by atomic mass is 9.67. The molecule has 124 valence electrons. The van der Waals surface area contributed by atoms with E-state index in [0.29, 0.717) is 11.8 Å². The monoisotopic (exact) mass is 315 g/mol. The molecule has 4 heteroatoms. The molecule has 1 aromatic rings. The highest BCUT2D eigenvalue weighted by Crippen LogP contribution is 2.43. The quantitative estimate of drug-likeness (QED) is 0.873. The zero-order valence-electron chi connectivity index (χ0n) is 13.8. The number of hydrogen-bond acceptors (Lipinski definition) is 4. The van der Waals surface area contributed by atoms with E-state index in [4.69, 9.17) is 9.47 Å². The lowest BCUT2D eigenvalue weighted by Crippen LogP contribution is -2.31. The number of nitriles is 1. The van der Waals surface area contributed by atoms with Crippen LogP contribution in [0.15, 0.2) is 18.2 Å². The average molecular weight is 315 g/mol. The summed E-state index contributed by atoms with van der Waals surface area (Å²) in [6, 6.07) is 8.43. The van der Waals surface area contributed by atoms with Crippen LogP contribution in [0.1, 0.15) is 44.1 Å². The predicted octanol–water partition coefficient (Wildman–Crippen LogP) is 3.43. The number of aliphatic hydroxyl groups is 1. The van der Waals surface area contributed by atoms with Crippen LogP contribution in [-0.2, 0) is 5.41 Å². The Kier molecular flexibility index (Phi) is 4.77. The Bertz CT molecular complexity index is 581. The smallest absolute Gasteiger partial charge is 0.161 e. The Morgan fingerprint density at radius 2 is 1.91 bits per heavy atom. The summed E-state index contributed by atoms with van der Waals surface area (Å²) in [7, 11) is 1.64. The van der Waals surface area contributed by atoms with Gasteiger partial charge in [0.15, 0.2) is 11.5 Å². The van der Waals surface area contributed by atoms with E-state index in [1.807, 2.05) is 18.2 Å². The molecule has 2 fully saturated rings. The van der Waals surface area contributed by atoms with Crippen molar-refractivity contribution in [2.24, 2.45) is 11.8 Å². The predicted molar refractivity (Wildman–Crippen MR) is 87.5 cm³/mol. The van der Waals surface area contributed by atoms with Gasteiger partial charge in [-0.1, -0.05) is 6.07 Å². The molecule has 0 spiro atoms. The minimum atomic E-state index is -0.463. The van der Waals surface area contributed by atoms with Gasteiger partial charge in [-0.25, -0.2) is 0 Å². The summed E-state index contributed by atoms with van der Waals surface area (Å²) in [6.07, 6.45) is 5.87. The van der Waals surface area contributed by atoms with Gasteiger partial charge in [-0.05, 0) is 68.1 Å². The van der Waals surface area contributed by atoms with Crippen LogP contribution in [0.4, 0.5) is 0 Å². The second-order valence-electron chi connectivity index (χ2n) is 6.94. The molecular weight excluding hydrogens is 290 g/mol. The minimum Gasteiger partial charge on any atom is -0.493 e. The third kappa shape index (κ3) is 3.45. The molecule has 4 nitrogen and oxygen atoms in total. The molecule has 0 aliphatic heterocycles. The molecule has 0 aromatic heterocycles. The number of ether oxygens (including phenoxy) is 2. The Morgan fingerprint density at radius 1 is 1.17 bits per heavy atom. The SMILES string of the molecule is COc1ccc([C@]2(C#N)CC[C@H](CO)CC2)cc1OCC1CC1. The Morgan fingerprint density at radius 3 is 2.48 bits per heavy atom. The molecule has 2 aliphatic rings. The molecule has 0 bridgehead atoms. The molecule has 0 unspecified atom stereocenters. The topological polar surface area (TPSA) is 62.5 Å². The van der Waals surface area contributed by atoms with Crippen molar-refractivity contribution in [3.8, 4) is 17.6 Å². The molecule has 2 aliphatic carbocycles. The number of nitrogens with zero attached hydrogens (tertiary/aromatic N) is 1. The standard InChI is InChI=1S/C19H25NO3/c1-22-17-5-4-16(10-18(17)23-12-15-2-3-15)19(13-20)8-6-14(11-21)7-9-19/h4-5,10,14-15,21H,2-3,6-9,11-12H2,1H3/t14-,19+. The van der Waals surface area contributed by atoms with Crippen molar-refractivity contribution in [3.05, 3.63) is 23.8 Å². The molecule has 3 rings (SSSR count). The highest BCUT2D eigenvalue weighted by atomic mass is 16.5. The van der Waals surface area contributed by atoms with Crippen LogP contribution in [-0.4, -0.2) is 25.4 Å². The maximum Gasteiger partial charge on any atom is 0.161 e. The van der Waals surface area contributed by atoms with Crippen LogP contribution in [0.5, 0.6) is 11.5 Å². The maximum absolute atomic E-state index is 9.81. The van der Waals surface area contributed by atoms with Crippen LogP contribution in [0, 0.1) is 23.2 Å². The van der Waals surface area contributed by atoms with Crippen LogP contribution in [0.2, 0.25) is 0 Å². The van der Waals surface area contributed by atoms with E-state index in [1.165, 1.54) is 12.8 Å². The van der Waals surface area contributed by atoms with Crippen LogP contribution >= 0.6 is 0 Å². The fourth-order valence-corrected chi connectivity index (χ4v) is 3.40. The summed E-state index contributed by atoms with van der Waals surface area (Å²) < 4.78 is 11.3. The second kappa shape index (κ2) is 6.80. The molecular formula is C19H25NO3. The number of hydrogen-bond donors (Lipinski definition) is 1. The van der Waals surface area contributed by atoms with E-state index in [9.17, 15) is 10.4 Å². The number of rotatable bonds is 6. The van der Waals surface area contributed by atoms with Crippen molar-refractivity contribution < 1.29 is 14.6 Å². The van der Waals surface area contributed by atoms with Crippen molar-refractivity contribution in [2.75, 3.05) is 20.3 Å². The maximum atomic E-state index is 9.81. The van der Waals surface area contributed by atoms with E-state index >= 15 is 0 Å². The van der Waals surface area contributed by atoms with Gasteiger partial charge in [0.25, 0.3) is 0 Å². The summed E-state index contributed by atoms with van der Waals surface area (Å²) >= 11 is 0. The van der Waals surface area contributed by atoms with Gasteiger partial charge >= 0.3 is 0 Å². The average Bonchev–Trinajstić information content (AvgIpc) is 3.44. The number of benzene rings is 1.